The zero-order valence-electron chi connectivity index (χ0n) is 5.06. The summed E-state index contributed by atoms with van der Waals surface area (Å²) in [7, 11) is 0. The molecule has 1 aromatic rings. The van der Waals surface area contributed by atoms with Crippen LogP contribution < -0.4 is 5.73 Å². The summed E-state index contributed by atoms with van der Waals surface area (Å²) in [4.78, 5) is 3.98. The number of rotatable bonds is 0. The fraction of sp³-hybridized carbons (Fsp3) is 0.167. The number of nitrogen functional groups attached to an aromatic ring is 1. The molecule has 3 heteroatoms. The molecule has 1 heterocycles. The van der Waals surface area contributed by atoms with Gasteiger partial charge in [-0.2, -0.15) is 0 Å². The molecule has 1 aromatic heterocycles. The van der Waals surface area contributed by atoms with E-state index in [0.717, 1.165) is 15.9 Å². The van der Waals surface area contributed by atoms with Crippen LogP contribution in [0.25, 0.3) is 0 Å². The van der Waals surface area contributed by atoms with Crippen molar-refractivity contribution in [3.63, 3.8) is 0 Å². The predicted molar refractivity (Wildman–Crippen MR) is 41.1 cm³/mol. The Morgan fingerprint density at radius 2 is 2.33 bits per heavy atom. The van der Waals surface area contributed by atoms with Crippen molar-refractivity contribution >= 4 is 21.6 Å². The molecule has 2 N–H and O–H groups in total. The minimum absolute atomic E-state index is 0.775. The minimum atomic E-state index is 0.775. The van der Waals surface area contributed by atoms with E-state index < -0.39 is 0 Å². The van der Waals surface area contributed by atoms with Crippen molar-refractivity contribution in [2.24, 2.45) is 0 Å². The standard InChI is InChI=1S/C6H7BrN2/c1-4-5(8)2-3-9-6(4)7/h2-3H,1H3,(H2,8,9). The van der Waals surface area contributed by atoms with Gasteiger partial charge in [-0.25, -0.2) is 4.98 Å². The summed E-state index contributed by atoms with van der Waals surface area (Å²) in [5.41, 5.74) is 7.32. The van der Waals surface area contributed by atoms with Crippen molar-refractivity contribution in [2.45, 2.75) is 6.92 Å². The van der Waals surface area contributed by atoms with E-state index in [1.54, 1.807) is 12.3 Å². The average Bonchev–Trinajstić information content (AvgIpc) is 1.83. The number of hydrogen-bond acceptors (Lipinski definition) is 2. The molecule has 0 saturated carbocycles. The highest BCUT2D eigenvalue weighted by Crippen LogP contribution is 2.17. The highest BCUT2D eigenvalue weighted by molar-refractivity contribution is 9.10. The van der Waals surface area contributed by atoms with Gasteiger partial charge in [0.25, 0.3) is 0 Å². The smallest absolute Gasteiger partial charge is 0.111 e. The highest BCUT2D eigenvalue weighted by Gasteiger charge is 1.95. The molecular formula is C6H7BrN2. The van der Waals surface area contributed by atoms with Gasteiger partial charge in [0.05, 0.1) is 0 Å². The fourth-order valence-corrected chi connectivity index (χ4v) is 0.871. The summed E-state index contributed by atoms with van der Waals surface area (Å²) in [5.74, 6) is 0. The number of anilines is 1. The first-order chi connectivity index (χ1) is 4.22. The number of aromatic nitrogens is 1. The molecule has 0 aliphatic carbocycles. The SMILES string of the molecule is Cc1c(N)ccnc1Br. The first-order valence-corrected chi connectivity index (χ1v) is 3.37. The number of nitrogens with two attached hydrogens (primary N) is 1. The fourth-order valence-electron chi connectivity index (χ4n) is 0.524. The monoisotopic (exact) mass is 186 g/mol. The lowest BCUT2D eigenvalue weighted by molar-refractivity contribution is 1.22. The van der Waals surface area contributed by atoms with Crippen LogP contribution in [0, 0.1) is 6.92 Å². The van der Waals surface area contributed by atoms with Crippen LogP contribution in [-0.4, -0.2) is 4.98 Å². The average molecular weight is 187 g/mol. The van der Waals surface area contributed by atoms with Gasteiger partial charge in [0, 0.05) is 17.4 Å². The molecule has 0 aliphatic heterocycles. The molecule has 0 bridgehead atoms. The molecule has 0 unspecified atom stereocenters. The van der Waals surface area contributed by atoms with Crippen molar-refractivity contribution in [2.75, 3.05) is 5.73 Å². The van der Waals surface area contributed by atoms with E-state index in [0.29, 0.717) is 0 Å². The molecule has 2 nitrogen and oxygen atoms in total. The summed E-state index contributed by atoms with van der Waals surface area (Å²) in [5, 5.41) is 0. The Bertz CT molecular complexity index is 202. The van der Waals surface area contributed by atoms with Gasteiger partial charge in [-0.1, -0.05) is 0 Å². The van der Waals surface area contributed by atoms with E-state index >= 15 is 0 Å². The van der Waals surface area contributed by atoms with E-state index in [4.69, 9.17) is 5.73 Å². The van der Waals surface area contributed by atoms with E-state index in [1.165, 1.54) is 0 Å². The summed E-state index contributed by atoms with van der Waals surface area (Å²) >= 11 is 3.25. The van der Waals surface area contributed by atoms with Gasteiger partial charge in [0.2, 0.25) is 0 Å². The van der Waals surface area contributed by atoms with Crippen LogP contribution in [-0.2, 0) is 0 Å². The van der Waals surface area contributed by atoms with E-state index in [1.807, 2.05) is 6.92 Å². The Kier molecular flexibility index (Phi) is 1.71. The lowest BCUT2D eigenvalue weighted by atomic mass is 10.3. The lowest BCUT2D eigenvalue weighted by Gasteiger charge is -1.98. The Balaban J connectivity index is 3.25. The molecular weight excluding hydrogens is 180 g/mol. The first kappa shape index (κ1) is 6.55. The molecule has 0 fully saturated rings. The maximum Gasteiger partial charge on any atom is 0.111 e. The van der Waals surface area contributed by atoms with Gasteiger partial charge >= 0.3 is 0 Å². The highest BCUT2D eigenvalue weighted by atomic mass is 79.9. The molecule has 0 aliphatic rings. The van der Waals surface area contributed by atoms with E-state index in [2.05, 4.69) is 20.9 Å². The zero-order valence-corrected chi connectivity index (χ0v) is 6.64. The van der Waals surface area contributed by atoms with Gasteiger partial charge in [-0.3, -0.25) is 0 Å². The zero-order chi connectivity index (χ0) is 6.85. The Morgan fingerprint density at radius 3 is 2.78 bits per heavy atom. The van der Waals surface area contributed by atoms with Crippen LogP contribution in [0.3, 0.4) is 0 Å². The van der Waals surface area contributed by atoms with Crippen molar-refractivity contribution in [3.05, 3.63) is 22.4 Å². The molecule has 0 atom stereocenters. The van der Waals surface area contributed by atoms with Crippen LogP contribution in [0.1, 0.15) is 5.56 Å². The molecule has 48 valence electrons. The van der Waals surface area contributed by atoms with Crippen LogP contribution >= 0.6 is 15.9 Å². The van der Waals surface area contributed by atoms with Crippen LogP contribution in [0.2, 0.25) is 0 Å². The van der Waals surface area contributed by atoms with E-state index in [9.17, 15) is 0 Å². The maximum atomic E-state index is 5.55. The predicted octanol–water partition coefficient (Wildman–Crippen LogP) is 1.73. The van der Waals surface area contributed by atoms with Crippen LogP contribution in [0.5, 0.6) is 0 Å². The molecule has 1 rings (SSSR count). The third kappa shape index (κ3) is 1.21. The third-order valence-electron chi connectivity index (χ3n) is 1.18. The van der Waals surface area contributed by atoms with Crippen molar-refractivity contribution in [3.8, 4) is 0 Å². The van der Waals surface area contributed by atoms with Crippen LogP contribution in [0.4, 0.5) is 5.69 Å². The Hall–Kier alpha value is -0.570. The van der Waals surface area contributed by atoms with Crippen molar-refractivity contribution in [1.82, 2.24) is 4.98 Å². The number of pyridine rings is 1. The summed E-state index contributed by atoms with van der Waals surface area (Å²) in [6.45, 7) is 1.92. The second-order valence-electron chi connectivity index (χ2n) is 1.82. The molecule has 0 amide bonds. The molecule has 9 heavy (non-hydrogen) atoms. The normalized spacial score (nSPS) is 9.56. The van der Waals surface area contributed by atoms with Gasteiger partial charge in [0.15, 0.2) is 0 Å². The van der Waals surface area contributed by atoms with Crippen molar-refractivity contribution in [1.29, 1.82) is 0 Å². The van der Waals surface area contributed by atoms with Crippen molar-refractivity contribution < 1.29 is 0 Å². The number of nitrogens with zero attached hydrogens (tertiary/aromatic N) is 1. The summed E-state index contributed by atoms with van der Waals surface area (Å²) in [6, 6.07) is 1.78. The molecule has 0 spiro atoms. The quantitative estimate of drug-likeness (QED) is 0.628. The summed E-state index contributed by atoms with van der Waals surface area (Å²) < 4.78 is 0.822. The second-order valence-corrected chi connectivity index (χ2v) is 2.57. The number of hydrogen-bond donors (Lipinski definition) is 1. The van der Waals surface area contributed by atoms with Gasteiger partial charge in [-0.15, -0.1) is 0 Å². The van der Waals surface area contributed by atoms with Gasteiger partial charge < -0.3 is 5.73 Å². The van der Waals surface area contributed by atoms with Crippen LogP contribution in [0.15, 0.2) is 16.9 Å². The lowest BCUT2D eigenvalue weighted by Crippen LogP contribution is -1.90. The van der Waals surface area contributed by atoms with Gasteiger partial charge in [0.1, 0.15) is 4.60 Å². The largest absolute Gasteiger partial charge is 0.398 e. The minimum Gasteiger partial charge on any atom is -0.398 e. The molecule has 0 aromatic carbocycles. The van der Waals surface area contributed by atoms with Gasteiger partial charge in [-0.05, 0) is 28.9 Å². The molecule has 0 radical (unpaired) electrons. The molecule has 0 saturated heterocycles. The number of halogens is 1. The second kappa shape index (κ2) is 2.35. The first-order valence-electron chi connectivity index (χ1n) is 2.58. The van der Waals surface area contributed by atoms with E-state index in [-0.39, 0.29) is 0 Å². The topological polar surface area (TPSA) is 38.9 Å². The Morgan fingerprint density at radius 1 is 1.67 bits per heavy atom. The third-order valence-corrected chi connectivity index (χ3v) is 1.98. The Labute approximate surface area is 62.2 Å². The maximum absolute atomic E-state index is 5.55. The summed E-state index contributed by atoms with van der Waals surface area (Å²) in [6.07, 6.45) is 1.67.